The van der Waals surface area contributed by atoms with Crippen LogP contribution < -0.4 is 0 Å². The number of benzene rings is 1. The fourth-order valence-corrected chi connectivity index (χ4v) is 4.28. The molecule has 0 saturated heterocycles. The Morgan fingerprint density at radius 1 is 0.909 bits per heavy atom. The van der Waals surface area contributed by atoms with Crippen molar-refractivity contribution in [3.8, 4) is 22.9 Å². The third-order valence-electron chi connectivity index (χ3n) is 5.76. The molecule has 6 heteroatoms. The lowest BCUT2D eigenvalue weighted by Gasteiger charge is -2.15. The second-order valence-corrected chi connectivity index (χ2v) is 7.65. The van der Waals surface area contributed by atoms with Gasteiger partial charge >= 0.3 is 11.9 Å². The van der Waals surface area contributed by atoms with Crippen LogP contribution in [0.3, 0.4) is 0 Å². The van der Waals surface area contributed by atoms with Crippen molar-refractivity contribution >= 4 is 28.3 Å². The van der Waals surface area contributed by atoms with E-state index in [0.717, 1.165) is 39.5 Å². The monoisotopic (exact) mass is 438 g/mol. The van der Waals surface area contributed by atoms with Gasteiger partial charge in [-0.15, -0.1) is 0 Å². The Hall–Kier alpha value is -4.37. The standard InChI is InChI=1S/C27H22N2O4/c1-16-10-12-18(13-11-16)29-17(2)24-20-9-7-5-6-8-19(20)22(15-28)25(24)26(29)21(27(31)33-4)14-23(30)32-3/h5-14H,1-4H3/b21-14-. The molecule has 0 saturated carbocycles. The lowest BCUT2D eigenvalue weighted by Crippen LogP contribution is -2.12. The highest BCUT2D eigenvalue weighted by molar-refractivity contribution is 6.26. The Labute approximate surface area is 191 Å². The largest absolute Gasteiger partial charge is 0.466 e. The van der Waals surface area contributed by atoms with Crippen molar-refractivity contribution in [2.75, 3.05) is 14.2 Å². The molecule has 0 spiro atoms. The molecule has 1 heterocycles. The average Bonchev–Trinajstić information content (AvgIpc) is 3.16. The number of nitrogens with zero attached hydrogens (tertiary/aromatic N) is 2. The van der Waals surface area contributed by atoms with Crippen molar-refractivity contribution in [3.63, 3.8) is 0 Å². The average molecular weight is 438 g/mol. The second kappa shape index (κ2) is 8.64. The summed E-state index contributed by atoms with van der Waals surface area (Å²) >= 11 is 0. The van der Waals surface area contributed by atoms with Gasteiger partial charge in [-0.3, -0.25) is 0 Å². The van der Waals surface area contributed by atoms with E-state index < -0.39 is 11.9 Å². The molecular weight excluding hydrogens is 416 g/mol. The first-order valence-electron chi connectivity index (χ1n) is 10.3. The van der Waals surface area contributed by atoms with E-state index in [1.165, 1.54) is 14.2 Å². The summed E-state index contributed by atoms with van der Waals surface area (Å²) in [5.74, 6) is -1.40. The third kappa shape index (κ3) is 3.54. The molecule has 6 nitrogen and oxygen atoms in total. The molecule has 164 valence electrons. The number of fused-ring (bicyclic) bond motifs is 3. The van der Waals surface area contributed by atoms with Gasteiger partial charge in [0.1, 0.15) is 6.07 Å². The topological polar surface area (TPSA) is 81.3 Å². The van der Waals surface area contributed by atoms with Crippen molar-refractivity contribution < 1.29 is 19.1 Å². The first kappa shape index (κ1) is 21.8. The number of hydrogen-bond donors (Lipinski definition) is 0. The molecule has 0 atom stereocenters. The minimum absolute atomic E-state index is 0.0132. The molecule has 0 unspecified atom stereocenters. The number of carbonyl (C=O) groups excluding carboxylic acids is 2. The molecule has 0 N–H and O–H groups in total. The van der Waals surface area contributed by atoms with E-state index in [-0.39, 0.29) is 5.57 Å². The Kier molecular flexibility index (Phi) is 5.72. The van der Waals surface area contributed by atoms with E-state index in [0.29, 0.717) is 16.6 Å². The molecule has 4 rings (SSSR count). The van der Waals surface area contributed by atoms with E-state index in [2.05, 4.69) is 6.07 Å². The SMILES string of the molecule is COC(=O)/C=C(\C(=O)OC)c1c2c(C#N)c3cccccc-3c2c(C)n1-c1ccc(C)cc1. The molecule has 0 amide bonds. The molecule has 2 aliphatic rings. The lowest BCUT2D eigenvalue weighted by molar-refractivity contribution is -0.136. The predicted octanol–water partition coefficient (Wildman–Crippen LogP) is 4.95. The summed E-state index contributed by atoms with van der Waals surface area (Å²) in [6.45, 7) is 3.92. The van der Waals surface area contributed by atoms with E-state index >= 15 is 0 Å². The number of rotatable bonds is 4. The van der Waals surface area contributed by atoms with Crippen LogP contribution in [0.25, 0.3) is 33.2 Å². The highest BCUT2D eigenvalue weighted by Gasteiger charge is 2.31. The maximum Gasteiger partial charge on any atom is 0.340 e. The van der Waals surface area contributed by atoms with E-state index in [9.17, 15) is 14.9 Å². The second-order valence-electron chi connectivity index (χ2n) is 7.65. The van der Waals surface area contributed by atoms with Gasteiger partial charge in [-0.05, 0) is 31.5 Å². The number of aromatic nitrogens is 1. The fourth-order valence-electron chi connectivity index (χ4n) is 4.28. The van der Waals surface area contributed by atoms with Gasteiger partial charge in [-0.25, -0.2) is 9.59 Å². The number of ether oxygens (including phenoxy) is 2. The number of hydrogen-bond acceptors (Lipinski definition) is 5. The maximum absolute atomic E-state index is 12.9. The van der Waals surface area contributed by atoms with Crippen LogP contribution in [0.2, 0.25) is 0 Å². The number of nitriles is 1. The number of methoxy groups -OCH3 is 2. The molecule has 2 aromatic rings. The summed E-state index contributed by atoms with van der Waals surface area (Å²) in [7, 11) is 2.49. The maximum atomic E-state index is 12.9. The zero-order valence-corrected chi connectivity index (χ0v) is 18.8. The zero-order chi connectivity index (χ0) is 23.7. The first-order valence-corrected chi connectivity index (χ1v) is 10.3. The molecule has 0 aliphatic heterocycles. The van der Waals surface area contributed by atoms with Crippen molar-refractivity contribution in [1.29, 1.82) is 5.26 Å². The summed E-state index contributed by atoms with van der Waals surface area (Å²) in [4.78, 5) is 25.2. The van der Waals surface area contributed by atoms with Crippen molar-refractivity contribution in [2.45, 2.75) is 13.8 Å². The van der Waals surface area contributed by atoms with Crippen LogP contribution in [-0.4, -0.2) is 30.7 Å². The van der Waals surface area contributed by atoms with Crippen LogP contribution in [0.15, 0.2) is 60.7 Å². The quantitative estimate of drug-likeness (QED) is 0.333. The minimum atomic E-state index is -0.701. The predicted molar refractivity (Wildman–Crippen MR) is 126 cm³/mol. The highest BCUT2D eigenvalue weighted by atomic mass is 16.5. The van der Waals surface area contributed by atoms with Gasteiger partial charge in [0, 0.05) is 33.8 Å². The summed E-state index contributed by atoms with van der Waals surface area (Å²) in [5, 5.41) is 11.6. The van der Waals surface area contributed by atoms with Crippen LogP contribution in [0, 0.1) is 25.2 Å². The van der Waals surface area contributed by atoms with Gasteiger partial charge in [-0.2, -0.15) is 5.26 Å². The Bertz CT molecular complexity index is 1440. The number of esters is 2. The van der Waals surface area contributed by atoms with E-state index in [1.54, 1.807) is 0 Å². The van der Waals surface area contributed by atoms with Gasteiger partial charge in [0.05, 0.1) is 31.1 Å². The van der Waals surface area contributed by atoms with Gasteiger partial charge in [0.15, 0.2) is 0 Å². The van der Waals surface area contributed by atoms with Gasteiger partial charge in [0.25, 0.3) is 0 Å². The lowest BCUT2D eigenvalue weighted by atomic mass is 10.1. The molecule has 1 aromatic carbocycles. The van der Waals surface area contributed by atoms with E-state index in [4.69, 9.17) is 9.47 Å². The minimum Gasteiger partial charge on any atom is -0.466 e. The first-order chi connectivity index (χ1) is 15.9. The fraction of sp³-hybridized carbons (Fsp3) is 0.148. The Morgan fingerprint density at radius 3 is 2.18 bits per heavy atom. The van der Waals surface area contributed by atoms with E-state index in [1.807, 2.05) is 73.0 Å². The molecule has 33 heavy (non-hydrogen) atoms. The van der Waals surface area contributed by atoms with Crippen LogP contribution in [0.4, 0.5) is 0 Å². The third-order valence-corrected chi connectivity index (χ3v) is 5.76. The number of carbonyl (C=O) groups is 2. The molecule has 0 bridgehead atoms. The molecule has 2 aliphatic carbocycles. The van der Waals surface area contributed by atoms with Gasteiger partial charge < -0.3 is 14.0 Å². The Balaban J connectivity index is 2.26. The summed E-state index contributed by atoms with van der Waals surface area (Å²) in [6.07, 6.45) is 1.11. The molecule has 0 fully saturated rings. The number of aryl methyl sites for hydroxylation is 2. The van der Waals surface area contributed by atoms with Gasteiger partial charge in [-0.1, -0.05) is 48.0 Å². The van der Waals surface area contributed by atoms with Crippen molar-refractivity contribution in [1.82, 2.24) is 4.57 Å². The normalized spacial score (nSPS) is 11.4. The van der Waals surface area contributed by atoms with Crippen LogP contribution >= 0.6 is 0 Å². The van der Waals surface area contributed by atoms with Crippen molar-refractivity contribution in [3.05, 3.63) is 83.2 Å². The highest BCUT2D eigenvalue weighted by Crippen LogP contribution is 2.46. The van der Waals surface area contributed by atoms with Crippen LogP contribution in [0.1, 0.15) is 22.5 Å². The zero-order valence-electron chi connectivity index (χ0n) is 18.8. The van der Waals surface area contributed by atoms with Crippen LogP contribution in [-0.2, 0) is 19.1 Å². The van der Waals surface area contributed by atoms with Crippen molar-refractivity contribution in [2.24, 2.45) is 0 Å². The summed E-state index contributed by atoms with van der Waals surface area (Å²) in [6, 6.07) is 19.6. The van der Waals surface area contributed by atoms with Crippen LogP contribution in [0.5, 0.6) is 0 Å². The molecule has 1 aromatic heterocycles. The molecular formula is C27H22N2O4. The summed E-state index contributed by atoms with van der Waals surface area (Å²) < 4.78 is 11.7. The Morgan fingerprint density at radius 2 is 1.58 bits per heavy atom. The summed E-state index contributed by atoms with van der Waals surface area (Å²) in [5.41, 5.74) is 5.23. The van der Waals surface area contributed by atoms with Gasteiger partial charge in [0.2, 0.25) is 0 Å². The smallest absolute Gasteiger partial charge is 0.340 e. The molecule has 0 radical (unpaired) electrons.